The molecular formula is C18H21ClN2O. The minimum absolute atomic E-state index is 0.0293. The molecule has 0 saturated heterocycles. The van der Waals surface area contributed by atoms with Gasteiger partial charge in [-0.2, -0.15) is 0 Å². The van der Waals surface area contributed by atoms with Gasteiger partial charge in [-0.3, -0.25) is 9.78 Å². The van der Waals surface area contributed by atoms with E-state index in [4.69, 9.17) is 11.6 Å². The van der Waals surface area contributed by atoms with Crippen LogP contribution in [0.15, 0.2) is 48.8 Å². The van der Waals surface area contributed by atoms with Gasteiger partial charge in [0.05, 0.1) is 12.0 Å². The predicted molar refractivity (Wildman–Crippen MR) is 89.8 cm³/mol. The first-order valence-corrected chi connectivity index (χ1v) is 7.82. The van der Waals surface area contributed by atoms with Crippen LogP contribution in [0.5, 0.6) is 0 Å². The molecule has 1 aromatic heterocycles. The third-order valence-corrected chi connectivity index (χ3v) is 4.00. The summed E-state index contributed by atoms with van der Waals surface area (Å²) in [6.07, 6.45) is 3.47. The van der Waals surface area contributed by atoms with Crippen molar-refractivity contribution in [2.24, 2.45) is 5.92 Å². The van der Waals surface area contributed by atoms with Crippen LogP contribution in [-0.4, -0.2) is 10.9 Å². The second kappa shape index (κ2) is 7.41. The second-order valence-electron chi connectivity index (χ2n) is 5.78. The fourth-order valence-electron chi connectivity index (χ4n) is 2.55. The van der Waals surface area contributed by atoms with Crippen LogP contribution in [0, 0.1) is 5.92 Å². The van der Waals surface area contributed by atoms with Crippen LogP contribution in [0.3, 0.4) is 0 Å². The molecule has 3 nitrogen and oxygen atoms in total. The van der Waals surface area contributed by atoms with Gasteiger partial charge in [0.15, 0.2) is 0 Å². The van der Waals surface area contributed by atoms with E-state index in [1.165, 1.54) is 0 Å². The van der Waals surface area contributed by atoms with Crippen LogP contribution in [0.2, 0.25) is 5.02 Å². The summed E-state index contributed by atoms with van der Waals surface area (Å²) in [5, 5.41) is 3.77. The molecule has 22 heavy (non-hydrogen) atoms. The summed E-state index contributed by atoms with van der Waals surface area (Å²) in [5.74, 6) is 0.0361. The van der Waals surface area contributed by atoms with Crippen molar-refractivity contribution in [3.05, 3.63) is 64.9 Å². The molecule has 0 aliphatic heterocycles. The Labute approximate surface area is 136 Å². The highest BCUT2D eigenvalue weighted by molar-refractivity contribution is 6.30. The zero-order valence-corrected chi connectivity index (χ0v) is 13.8. The maximum Gasteiger partial charge on any atom is 0.228 e. The number of amides is 1. The SMILES string of the molecule is CC(C)[C@@H](C(=O)N[C@@H](C)c1ccncc1)c1ccc(Cl)cc1. The van der Waals surface area contributed by atoms with Gasteiger partial charge < -0.3 is 5.32 Å². The predicted octanol–water partition coefficient (Wildman–Crippen LogP) is 4.35. The Kier molecular flexibility index (Phi) is 5.56. The molecule has 1 aromatic carbocycles. The number of aromatic nitrogens is 1. The number of carbonyl (C=O) groups excluding carboxylic acids is 1. The molecule has 2 aromatic rings. The first-order valence-electron chi connectivity index (χ1n) is 7.44. The minimum atomic E-state index is -0.193. The number of rotatable bonds is 5. The lowest BCUT2D eigenvalue weighted by atomic mass is 9.87. The van der Waals surface area contributed by atoms with Gasteiger partial charge >= 0.3 is 0 Å². The van der Waals surface area contributed by atoms with Gasteiger partial charge in [-0.1, -0.05) is 37.6 Å². The van der Waals surface area contributed by atoms with Gasteiger partial charge in [0.25, 0.3) is 0 Å². The maximum absolute atomic E-state index is 12.7. The molecule has 2 rings (SSSR count). The van der Waals surface area contributed by atoms with E-state index in [0.29, 0.717) is 5.02 Å². The van der Waals surface area contributed by atoms with Gasteiger partial charge in [-0.05, 0) is 48.2 Å². The topological polar surface area (TPSA) is 42.0 Å². The molecule has 1 N–H and O–H groups in total. The highest BCUT2D eigenvalue weighted by Crippen LogP contribution is 2.27. The van der Waals surface area contributed by atoms with E-state index in [1.54, 1.807) is 12.4 Å². The number of carbonyl (C=O) groups is 1. The molecule has 0 saturated carbocycles. The van der Waals surface area contributed by atoms with Crippen molar-refractivity contribution in [1.82, 2.24) is 10.3 Å². The smallest absolute Gasteiger partial charge is 0.228 e. The molecule has 0 aliphatic rings. The lowest BCUT2D eigenvalue weighted by Crippen LogP contribution is -2.34. The van der Waals surface area contributed by atoms with E-state index in [-0.39, 0.29) is 23.8 Å². The highest BCUT2D eigenvalue weighted by atomic mass is 35.5. The Hall–Kier alpha value is -1.87. The Morgan fingerprint density at radius 3 is 2.14 bits per heavy atom. The molecule has 1 amide bonds. The summed E-state index contributed by atoms with van der Waals surface area (Å²) < 4.78 is 0. The highest BCUT2D eigenvalue weighted by Gasteiger charge is 2.25. The van der Waals surface area contributed by atoms with E-state index in [9.17, 15) is 4.79 Å². The molecule has 0 spiro atoms. The number of halogens is 1. The van der Waals surface area contributed by atoms with Crippen molar-refractivity contribution in [2.45, 2.75) is 32.7 Å². The van der Waals surface area contributed by atoms with Crippen molar-refractivity contribution >= 4 is 17.5 Å². The summed E-state index contributed by atoms with van der Waals surface area (Å²) in [6.45, 7) is 6.08. The molecule has 1 heterocycles. The fourth-order valence-corrected chi connectivity index (χ4v) is 2.67. The Balaban J connectivity index is 2.15. The van der Waals surface area contributed by atoms with Crippen LogP contribution < -0.4 is 5.32 Å². The summed E-state index contributed by atoms with van der Waals surface area (Å²) in [5.41, 5.74) is 2.03. The van der Waals surface area contributed by atoms with Crippen LogP contribution >= 0.6 is 11.6 Å². The lowest BCUT2D eigenvalue weighted by molar-refractivity contribution is -0.124. The monoisotopic (exact) mass is 316 g/mol. The van der Waals surface area contributed by atoms with Crippen LogP contribution in [-0.2, 0) is 4.79 Å². The third kappa shape index (κ3) is 4.08. The molecule has 0 aliphatic carbocycles. The molecule has 0 fully saturated rings. The van der Waals surface area contributed by atoms with Crippen LogP contribution in [0.25, 0.3) is 0 Å². The molecule has 0 bridgehead atoms. The average molecular weight is 317 g/mol. The largest absolute Gasteiger partial charge is 0.349 e. The van der Waals surface area contributed by atoms with Gasteiger partial charge in [-0.15, -0.1) is 0 Å². The van der Waals surface area contributed by atoms with Crippen molar-refractivity contribution in [1.29, 1.82) is 0 Å². The summed E-state index contributed by atoms with van der Waals surface area (Å²) >= 11 is 5.93. The summed E-state index contributed by atoms with van der Waals surface area (Å²) in [4.78, 5) is 16.7. The van der Waals surface area contributed by atoms with Crippen molar-refractivity contribution in [2.75, 3.05) is 0 Å². The van der Waals surface area contributed by atoms with Gasteiger partial charge in [0.2, 0.25) is 5.91 Å². The maximum atomic E-state index is 12.7. The van der Waals surface area contributed by atoms with E-state index in [2.05, 4.69) is 24.1 Å². The zero-order valence-electron chi connectivity index (χ0n) is 13.1. The minimum Gasteiger partial charge on any atom is -0.349 e. The summed E-state index contributed by atoms with van der Waals surface area (Å²) in [7, 11) is 0. The Morgan fingerprint density at radius 1 is 1.00 bits per heavy atom. The van der Waals surface area contributed by atoms with Gasteiger partial charge in [0, 0.05) is 17.4 Å². The van der Waals surface area contributed by atoms with E-state index in [0.717, 1.165) is 11.1 Å². The number of nitrogens with zero attached hydrogens (tertiary/aromatic N) is 1. The van der Waals surface area contributed by atoms with Gasteiger partial charge in [-0.25, -0.2) is 0 Å². The van der Waals surface area contributed by atoms with Gasteiger partial charge in [0.1, 0.15) is 0 Å². The molecule has 4 heteroatoms. The Bertz CT molecular complexity index is 611. The van der Waals surface area contributed by atoms with Crippen LogP contribution in [0.1, 0.15) is 43.9 Å². The number of pyridine rings is 1. The molecule has 0 unspecified atom stereocenters. The standard InChI is InChI=1S/C18H21ClN2O/c1-12(2)17(15-4-6-16(19)7-5-15)18(22)21-13(3)14-8-10-20-11-9-14/h4-13,17H,1-3H3,(H,21,22)/t13-,17+/m0/s1. The first kappa shape index (κ1) is 16.5. The zero-order chi connectivity index (χ0) is 16.1. The molecule has 2 atom stereocenters. The van der Waals surface area contributed by atoms with Crippen molar-refractivity contribution in [3.63, 3.8) is 0 Å². The lowest BCUT2D eigenvalue weighted by Gasteiger charge is -2.23. The number of benzene rings is 1. The van der Waals surface area contributed by atoms with Crippen molar-refractivity contribution < 1.29 is 4.79 Å². The average Bonchev–Trinajstić information content (AvgIpc) is 2.50. The summed E-state index contributed by atoms with van der Waals surface area (Å²) in [6, 6.07) is 11.3. The normalized spacial score (nSPS) is 13.7. The van der Waals surface area contributed by atoms with Crippen molar-refractivity contribution in [3.8, 4) is 0 Å². The molecular weight excluding hydrogens is 296 g/mol. The number of hydrogen-bond donors (Lipinski definition) is 1. The van der Waals surface area contributed by atoms with E-state index in [1.807, 2.05) is 43.3 Å². The first-order chi connectivity index (χ1) is 10.5. The van der Waals surface area contributed by atoms with E-state index < -0.39 is 0 Å². The third-order valence-electron chi connectivity index (χ3n) is 3.74. The van der Waals surface area contributed by atoms with E-state index >= 15 is 0 Å². The van der Waals surface area contributed by atoms with Crippen LogP contribution in [0.4, 0.5) is 0 Å². The fraction of sp³-hybridized carbons (Fsp3) is 0.333. The Morgan fingerprint density at radius 2 is 1.59 bits per heavy atom. The molecule has 0 radical (unpaired) electrons. The molecule has 116 valence electrons. The second-order valence-corrected chi connectivity index (χ2v) is 6.22. The number of hydrogen-bond acceptors (Lipinski definition) is 2. The number of nitrogens with one attached hydrogen (secondary N) is 1. The quantitative estimate of drug-likeness (QED) is 0.891.